The molecule has 1 fully saturated rings. The molecule has 0 saturated heterocycles. The van der Waals surface area contributed by atoms with Crippen LogP contribution in [0.4, 0.5) is 10.1 Å². The lowest BCUT2D eigenvalue weighted by Gasteiger charge is -2.29. The molecule has 3 rings (SSSR count). The largest absolute Gasteiger partial charge is 0.477 e. The number of nitrogens with zero attached hydrogens (tertiary/aromatic N) is 2. The highest BCUT2D eigenvalue weighted by atomic mass is 35.5. The highest BCUT2D eigenvalue weighted by Gasteiger charge is 2.30. The maximum atomic E-state index is 15.1. The van der Waals surface area contributed by atoms with Gasteiger partial charge in [0.05, 0.1) is 21.6 Å². The number of aliphatic hydroxyl groups is 2. The fourth-order valence-corrected chi connectivity index (χ4v) is 4.04. The SMILES string of the molecule is CCN(C[C@@H](CO)CCO)c1c(F)cc2c(=O)c(C(=O)O)cn(C3CC3)c2c1Cl. The molecule has 2 aromatic rings. The smallest absolute Gasteiger partial charge is 0.341 e. The predicted octanol–water partition coefficient (Wildman–Crippen LogP) is 2.64. The van der Waals surface area contributed by atoms with Crippen LogP contribution in [-0.2, 0) is 0 Å². The number of carboxylic acid groups (broad SMARTS) is 1. The van der Waals surface area contributed by atoms with Gasteiger partial charge in [0.15, 0.2) is 0 Å². The Kier molecular flexibility index (Phi) is 6.45. The zero-order valence-corrected chi connectivity index (χ0v) is 16.8. The Bertz CT molecular complexity index is 989. The van der Waals surface area contributed by atoms with Crippen molar-refractivity contribution in [3.05, 3.63) is 38.9 Å². The molecule has 0 spiro atoms. The van der Waals surface area contributed by atoms with Gasteiger partial charge in [-0.25, -0.2) is 9.18 Å². The van der Waals surface area contributed by atoms with Crippen LogP contribution < -0.4 is 10.3 Å². The molecule has 1 aromatic heterocycles. The van der Waals surface area contributed by atoms with Crippen molar-refractivity contribution < 1.29 is 24.5 Å². The number of halogens is 2. The van der Waals surface area contributed by atoms with Crippen LogP contribution in [0.3, 0.4) is 0 Å². The molecule has 0 amide bonds. The summed E-state index contributed by atoms with van der Waals surface area (Å²) in [6.45, 7) is 2.21. The average Bonchev–Trinajstić information content (AvgIpc) is 3.52. The highest BCUT2D eigenvalue weighted by Crippen LogP contribution is 2.42. The minimum absolute atomic E-state index is 0.0154. The number of aromatic carboxylic acids is 1. The lowest BCUT2D eigenvalue weighted by atomic mass is 10.0. The zero-order valence-electron chi connectivity index (χ0n) is 16.1. The van der Waals surface area contributed by atoms with Crippen LogP contribution in [0, 0.1) is 11.7 Å². The number of fused-ring (bicyclic) bond motifs is 1. The number of rotatable bonds is 9. The number of anilines is 1. The zero-order chi connectivity index (χ0) is 21.3. The van der Waals surface area contributed by atoms with Gasteiger partial charge in [0.2, 0.25) is 5.43 Å². The second-order valence-electron chi connectivity index (χ2n) is 7.33. The summed E-state index contributed by atoms with van der Waals surface area (Å²) in [6, 6.07) is 1.06. The predicted molar refractivity (Wildman–Crippen MR) is 109 cm³/mol. The minimum Gasteiger partial charge on any atom is -0.477 e. The molecule has 1 aliphatic rings. The second-order valence-corrected chi connectivity index (χ2v) is 7.71. The number of hydrogen-bond acceptors (Lipinski definition) is 5. The number of benzene rings is 1. The van der Waals surface area contributed by atoms with Gasteiger partial charge in [-0.05, 0) is 32.3 Å². The van der Waals surface area contributed by atoms with Crippen molar-refractivity contribution in [2.24, 2.45) is 5.92 Å². The molecular weight excluding hydrogens is 403 g/mol. The molecule has 1 atom stereocenters. The topological polar surface area (TPSA) is 103 Å². The molecule has 1 saturated carbocycles. The van der Waals surface area contributed by atoms with E-state index in [1.165, 1.54) is 6.20 Å². The quantitative estimate of drug-likeness (QED) is 0.569. The third-order valence-corrected chi connectivity index (χ3v) is 5.68. The van der Waals surface area contributed by atoms with E-state index in [-0.39, 0.29) is 47.8 Å². The Labute approximate surface area is 171 Å². The summed E-state index contributed by atoms with van der Waals surface area (Å²) in [5, 5.41) is 28.0. The first-order valence-corrected chi connectivity index (χ1v) is 9.98. The minimum atomic E-state index is -1.36. The molecule has 0 aliphatic heterocycles. The van der Waals surface area contributed by atoms with E-state index < -0.39 is 22.8 Å². The van der Waals surface area contributed by atoms with E-state index in [9.17, 15) is 19.8 Å². The van der Waals surface area contributed by atoms with E-state index >= 15 is 4.39 Å². The Balaban J connectivity index is 2.22. The van der Waals surface area contributed by atoms with Crippen molar-refractivity contribution in [3.63, 3.8) is 0 Å². The number of pyridine rings is 1. The van der Waals surface area contributed by atoms with Gasteiger partial charge in [0.1, 0.15) is 11.4 Å². The van der Waals surface area contributed by atoms with Crippen molar-refractivity contribution in [1.82, 2.24) is 4.57 Å². The van der Waals surface area contributed by atoms with E-state index in [1.807, 2.05) is 6.92 Å². The molecule has 158 valence electrons. The number of carbonyl (C=O) groups is 1. The van der Waals surface area contributed by atoms with E-state index in [0.29, 0.717) is 18.5 Å². The van der Waals surface area contributed by atoms with E-state index in [2.05, 4.69) is 0 Å². The Morgan fingerprint density at radius 1 is 1.41 bits per heavy atom. The summed E-state index contributed by atoms with van der Waals surface area (Å²) >= 11 is 6.60. The van der Waals surface area contributed by atoms with Crippen LogP contribution in [0.2, 0.25) is 5.02 Å². The van der Waals surface area contributed by atoms with Crippen molar-refractivity contribution >= 4 is 34.2 Å². The molecule has 0 unspecified atom stereocenters. The molecule has 3 N–H and O–H groups in total. The molecule has 0 radical (unpaired) electrons. The van der Waals surface area contributed by atoms with Crippen molar-refractivity contribution in [2.75, 3.05) is 31.2 Å². The van der Waals surface area contributed by atoms with Crippen LogP contribution in [0.5, 0.6) is 0 Å². The highest BCUT2D eigenvalue weighted by molar-refractivity contribution is 6.38. The van der Waals surface area contributed by atoms with E-state index in [4.69, 9.17) is 16.7 Å². The first-order chi connectivity index (χ1) is 13.8. The van der Waals surface area contributed by atoms with Crippen LogP contribution >= 0.6 is 11.6 Å². The van der Waals surface area contributed by atoms with Crippen molar-refractivity contribution in [3.8, 4) is 0 Å². The Hall–Kier alpha value is -2.16. The third-order valence-electron chi connectivity index (χ3n) is 5.33. The van der Waals surface area contributed by atoms with Gasteiger partial charge in [-0.2, -0.15) is 0 Å². The van der Waals surface area contributed by atoms with Crippen LogP contribution in [0.15, 0.2) is 17.1 Å². The number of aromatic nitrogens is 1. The summed E-state index contributed by atoms with van der Waals surface area (Å²) in [5.41, 5.74) is -0.756. The third kappa shape index (κ3) is 4.10. The standard InChI is InChI=1S/C20H24ClFN2O5/c1-2-23(8-11(10-26)5-6-25)18-15(22)7-13-17(16(18)21)24(12-3-4-12)9-14(19(13)27)20(28)29/h7,9,11-12,25-26H,2-6,8,10H2,1H3,(H,28,29)/t11-/m0/s1. The summed E-state index contributed by atoms with van der Waals surface area (Å²) in [4.78, 5) is 25.8. The van der Waals surface area contributed by atoms with Crippen LogP contribution in [-0.4, -0.2) is 52.2 Å². The van der Waals surface area contributed by atoms with Gasteiger partial charge >= 0.3 is 5.97 Å². The maximum absolute atomic E-state index is 15.1. The van der Waals surface area contributed by atoms with E-state index in [1.54, 1.807) is 9.47 Å². The lowest BCUT2D eigenvalue weighted by Crippen LogP contribution is -2.32. The van der Waals surface area contributed by atoms with Gasteiger partial charge in [-0.1, -0.05) is 11.6 Å². The van der Waals surface area contributed by atoms with Gasteiger partial charge in [0, 0.05) is 44.5 Å². The van der Waals surface area contributed by atoms with Gasteiger partial charge in [0.25, 0.3) is 0 Å². The Morgan fingerprint density at radius 3 is 2.62 bits per heavy atom. The molecule has 0 bridgehead atoms. The molecule has 1 aromatic carbocycles. The van der Waals surface area contributed by atoms with E-state index in [0.717, 1.165) is 18.9 Å². The maximum Gasteiger partial charge on any atom is 0.341 e. The number of aliphatic hydroxyl groups excluding tert-OH is 2. The fourth-order valence-electron chi connectivity index (χ4n) is 3.63. The molecule has 1 aliphatic carbocycles. The molecular formula is C20H24ClFN2O5. The van der Waals surface area contributed by atoms with Gasteiger partial charge in [-0.15, -0.1) is 0 Å². The monoisotopic (exact) mass is 426 g/mol. The molecule has 29 heavy (non-hydrogen) atoms. The molecule has 7 nitrogen and oxygen atoms in total. The van der Waals surface area contributed by atoms with Crippen molar-refractivity contribution in [1.29, 1.82) is 0 Å². The van der Waals surface area contributed by atoms with Gasteiger partial charge in [-0.3, -0.25) is 4.79 Å². The second kappa shape index (κ2) is 8.69. The Morgan fingerprint density at radius 2 is 2.10 bits per heavy atom. The normalized spacial score (nSPS) is 14.9. The van der Waals surface area contributed by atoms with Crippen LogP contribution in [0.25, 0.3) is 10.9 Å². The number of hydrogen-bond donors (Lipinski definition) is 3. The fraction of sp³-hybridized carbons (Fsp3) is 0.500. The first kappa shape index (κ1) is 21.5. The molecule has 1 heterocycles. The summed E-state index contributed by atoms with van der Waals surface area (Å²) < 4.78 is 16.7. The molecule has 9 heteroatoms. The van der Waals surface area contributed by atoms with Crippen LogP contribution in [0.1, 0.15) is 42.6 Å². The lowest BCUT2D eigenvalue weighted by molar-refractivity contribution is 0.0695. The van der Waals surface area contributed by atoms with Gasteiger partial charge < -0.3 is 24.8 Å². The summed E-state index contributed by atoms with van der Waals surface area (Å²) in [6.07, 6.45) is 3.28. The first-order valence-electron chi connectivity index (χ1n) is 9.60. The summed E-state index contributed by atoms with van der Waals surface area (Å²) in [5.74, 6) is -2.37. The summed E-state index contributed by atoms with van der Waals surface area (Å²) in [7, 11) is 0. The number of carboxylic acids is 1. The van der Waals surface area contributed by atoms with Crippen molar-refractivity contribution in [2.45, 2.75) is 32.2 Å². The average molecular weight is 427 g/mol.